The fourth-order valence-corrected chi connectivity index (χ4v) is 3.08. The van der Waals surface area contributed by atoms with Gasteiger partial charge in [-0.05, 0) is 38.3 Å². The fraction of sp³-hybridized carbons (Fsp3) is 0.933. The molecule has 2 aliphatic rings. The Hall–Kier alpha value is -0.610. The van der Waals surface area contributed by atoms with Crippen LogP contribution in [0, 0.1) is 11.8 Å². The number of hydrogen-bond donors (Lipinski definition) is 1. The third kappa shape index (κ3) is 4.77. The highest BCUT2D eigenvalue weighted by Gasteiger charge is 2.20. The lowest BCUT2D eigenvalue weighted by molar-refractivity contribution is -0.131. The van der Waals surface area contributed by atoms with Crippen LogP contribution >= 0.6 is 0 Å². The molecule has 0 aromatic rings. The van der Waals surface area contributed by atoms with Gasteiger partial charge in [0, 0.05) is 26.2 Å². The summed E-state index contributed by atoms with van der Waals surface area (Å²) >= 11 is 0. The van der Waals surface area contributed by atoms with E-state index in [0.717, 1.165) is 44.6 Å². The molecule has 0 atom stereocenters. The summed E-state index contributed by atoms with van der Waals surface area (Å²) in [7, 11) is 2.12. The van der Waals surface area contributed by atoms with Crippen molar-refractivity contribution in [1.82, 2.24) is 15.1 Å². The summed E-state index contributed by atoms with van der Waals surface area (Å²) in [6.45, 7) is 7.68. The Morgan fingerprint density at radius 2 is 1.74 bits per heavy atom. The van der Waals surface area contributed by atoms with Gasteiger partial charge in [-0.3, -0.25) is 4.79 Å². The lowest BCUT2D eigenvalue weighted by Crippen LogP contribution is -2.49. The van der Waals surface area contributed by atoms with Gasteiger partial charge in [0.1, 0.15) is 0 Å². The minimum absolute atomic E-state index is 0.275. The van der Waals surface area contributed by atoms with Gasteiger partial charge in [-0.2, -0.15) is 0 Å². The average Bonchev–Trinajstić information content (AvgIpc) is 2.41. The van der Waals surface area contributed by atoms with Gasteiger partial charge in [0.25, 0.3) is 0 Å². The molecule has 1 amide bonds. The first-order chi connectivity index (χ1) is 9.15. The van der Waals surface area contributed by atoms with Crippen LogP contribution in [0.1, 0.15) is 32.6 Å². The maximum atomic E-state index is 12.0. The zero-order valence-electron chi connectivity index (χ0n) is 12.5. The molecule has 2 fully saturated rings. The highest BCUT2D eigenvalue weighted by molar-refractivity contribution is 5.78. The average molecular weight is 267 g/mol. The summed E-state index contributed by atoms with van der Waals surface area (Å²) in [5, 5.41) is 3.37. The van der Waals surface area contributed by atoms with Crippen molar-refractivity contribution >= 4 is 5.91 Å². The van der Waals surface area contributed by atoms with Crippen molar-refractivity contribution in [1.29, 1.82) is 0 Å². The Balaban J connectivity index is 1.59. The van der Waals surface area contributed by atoms with Crippen LogP contribution in [0.3, 0.4) is 0 Å². The van der Waals surface area contributed by atoms with E-state index >= 15 is 0 Å². The second kappa shape index (κ2) is 7.25. The van der Waals surface area contributed by atoms with Gasteiger partial charge in [-0.25, -0.2) is 0 Å². The molecule has 1 aliphatic heterocycles. The molecule has 2 rings (SSSR count). The minimum atomic E-state index is 0.275. The van der Waals surface area contributed by atoms with Crippen molar-refractivity contribution < 1.29 is 4.79 Å². The van der Waals surface area contributed by atoms with Crippen molar-refractivity contribution in [2.24, 2.45) is 11.8 Å². The number of nitrogens with zero attached hydrogens (tertiary/aromatic N) is 2. The summed E-state index contributed by atoms with van der Waals surface area (Å²) in [5.74, 6) is 1.97. The van der Waals surface area contributed by atoms with E-state index in [2.05, 4.69) is 24.2 Å². The largest absolute Gasteiger partial charge is 0.339 e. The van der Waals surface area contributed by atoms with Crippen molar-refractivity contribution in [2.75, 3.05) is 46.3 Å². The Morgan fingerprint density at radius 3 is 2.37 bits per heavy atom. The van der Waals surface area contributed by atoms with Crippen LogP contribution in [0.4, 0.5) is 0 Å². The van der Waals surface area contributed by atoms with Crippen molar-refractivity contribution in [2.45, 2.75) is 32.6 Å². The standard InChI is InChI=1S/C15H29N3O/c1-13-3-5-14(6-4-13)11-16-12-15(19)18-9-7-17(2)8-10-18/h13-14,16H,3-12H2,1-2H3. The number of piperazine rings is 1. The number of carbonyl (C=O) groups excluding carboxylic acids is 1. The molecule has 19 heavy (non-hydrogen) atoms. The fourth-order valence-electron chi connectivity index (χ4n) is 3.08. The van der Waals surface area contributed by atoms with Gasteiger partial charge in [-0.1, -0.05) is 19.8 Å². The minimum Gasteiger partial charge on any atom is -0.339 e. The molecule has 1 N–H and O–H groups in total. The molecular formula is C15H29N3O. The van der Waals surface area contributed by atoms with Crippen molar-refractivity contribution in [3.8, 4) is 0 Å². The highest BCUT2D eigenvalue weighted by Crippen LogP contribution is 2.27. The van der Waals surface area contributed by atoms with E-state index in [1.54, 1.807) is 0 Å². The Kier molecular flexibility index (Phi) is 5.64. The molecule has 4 heteroatoms. The Labute approximate surface area is 117 Å². The van der Waals surface area contributed by atoms with Crippen LogP contribution in [-0.4, -0.2) is 62.0 Å². The first kappa shape index (κ1) is 14.8. The molecule has 0 spiro atoms. The predicted octanol–water partition coefficient (Wildman–Crippen LogP) is 1.18. The zero-order chi connectivity index (χ0) is 13.7. The lowest BCUT2D eigenvalue weighted by atomic mass is 9.83. The maximum absolute atomic E-state index is 12.0. The first-order valence-corrected chi connectivity index (χ1v) is 7.82. The smallest absolute Gasteiger partial charge is 0.236 e. The molecule has 1 saturated carbocycles. The van der Waals surface area contributed by atoms with Gasteiger partial charge in [0.15, 0.2) is 0 Å². The van der Waals surface area contributed by atoms with E-state index in [1.165, 1.54) is 25.7 Å². The first-order valence-electron chi connectivity index (χ1n) is 7.82. The van der Waals surface area contributed by atoms with Crippen LogP contribution in [-0.2, 0) is 4.79 Å². The van der Waals surface area contributed by atoms with Gasteiger partial charge in [0.05, 0.1) is 6.54 Å². The van der Waals surface area contributed by atoms with Crippen LogP contribution in [0.15, 0.2) is 0 Å². The molecule has 1 heterocycles. The molecule has 1 saturated heterocycles. The van der Waals surface area contributed by atoms with Gasteiger partial charge >= 0.3 is 0 Å². The molecule has 0 bridgehead atoms. The van der Waals surface area contributed by atoms with E-state index in [1.807, 2.05) is 4.90 Å². The molecule has 0 radical (unpaired) electrons. The summed E-state index contributed by atoms with van der Waals surface area (Å²) in [4.78, 5) is 16.3. The normalized spacial score (nSPS) is 29.5. The van der Waals surface area contributed by atoms with Crippen LogP contribution in [0.25, 0.3) is 0 Å². The summed E-state index contributed by atoms with van der Waals surface area (Å²) in [6.07, 6.45) is 5.38. The number of nitrogens with one attached hydrogen (secondary N) is 1. The van der Waals surface area contributed by atoms with Gasteiger partial charge in [0.2, 0.25) is 5.91 Å². The quantitative estimate of drug-likeness (QED) is 0.831. The number of likely N-dealkylation sites (N-methyl/N-ethyl adjacent to an activating group) is 1. The number of rotatable bonds is 4. The topological polar surface area (TPSA) is 35.6 Å². The van der Waals surface area contributed by atoms with E-state index in [-0.39, 0.29) is 5.91 Å². The zero-order valence-corrected chi connectivity index (χ0v) is 12.5. The summed E-state index contributed by atoms with van der Waals surface area (Å²) in [5.41, 5.74) is 0. The molecule has 110 valence electrons. The van der Waals surface area contributed by atoms with Crippen LogP contribution < -0.4 is 5.32 Å². The van der Waals surface area contributed by atoms with E-state index in [9.17, 15) is 4.79 Å². The van der Waals surface area contributed by atoms with Crippen LogP contribution in [0.5, 0.6) is 0 Å². The van der Waals surface area contributed by atoms with Crippen LogP contribution in [0.2, 0.25) is 0 Å². The predicted molar refractivity (Wildman–Crippen MR) is 78.1 cm³/mol. The molecule has 0 unspecified atom stereocenters. The molecule has 0 aromatic carbocycles. The summed E-state index contributed by atoms with van der Waals surface area (Å²) < 4.78 is 0. The summed E-state index contributed by atoms with van der Waals surface area (Å²) in [6, 6.07) is 0. The number of carbonyl (C=O) groups is 1. The maximum Gasteiger partial charge on any atom is 0.236 e. The highest BCUT2D eigenvalue weighted by atomic mass is 16.2. The second-order valence-electron chi connectivity index (χ2n) is 6.44. The van der Waals surface area contributed by atoms with Gasteiger partial charge in [-0.15, -0.1) is 0 Å². The SMILES string of the molecule is CC1CCC(CNCC(=O)N2CCN(C)CC2)CC1. The monoisotopic (exact) mass is 267 g/mol. The number of hydrogen-bond acceptors (Lipinski definition) is 3. The molecular weight excluding hydrogens is 238 g/mol. The molecule has 0 aromatic heterocycles. The van der Waals surface area contributed by atoms with Crippen molar-refractivity contribution in [3.05, 3.63) is 0 Å². The Morgan fingerprint density at radius 1 is 1.11 bits per heavy atom. The third-order valence-corrected chi connectivity index (χ3v) is 4.70. The van der Waals surface area contributed by atoms with Crippen molar-refractivity contribution in [3.63, 3.8) is 0 Å². The van der Waals surface area contributed by atoms with E-state index in [4.69, 9.17) is 0 Å². The molecule has 1 aliphatic carbocycles. The van der Waals surface area contributed by atoms with Gasteiger partial charge < -0.3 is 15.1 Å². The van der Waals surface area contributed by atoms with E-state index in [0.29, 0.717) is 6.54 Å². The third-order valence-electron chi connectivity index (χ3n) is 4.70. The Bertz CT molecular complexity index is 279. The second-order valence-corrected chi connectivity index (χ2v) is 6.44. The lowest BCUT2D eigenvalue weighted by Gasteiger charge is -2.32. The molecule has 4 nitrogen and oxygen atoms in total. The number of amides is 1. The van der Waals surface area contributed by atoms with E-state index < -0.39 is 0 Å².